The molecule has 0 atom stereocenters. The standard InChI is InChI=1S/C21H41N3O3/c1-4-5-6-7-8-9-10-11-14-19(25)22-17-12-15-20(26)23-18-13-16-21(27)24(2)3/h4-18H2,1-3H3,(H,22,25)(H,23,26). The zero-order valence-corrected chi connectivity index (χ0v) is 17.8. The van der Waals surface area contributed by atoms with Gasteiger partial charge in [0.05, 0.1) is 0 Å². The highest BCUT2D eigenvalue weighted by atomic mass is 16.2. The Hall–Kier alpha value is -1.59. The van der Waals surface area contributed by atoms with Crippen LogP contribution in [0.2, 0.25) is 0 Å². The van der Waals surface area contributed by atoms with Crippen molar-refractivity contribution < 1.29 is 14.4 Å². The summed E-state index contributed by atoms with van der Waals surface area (Å²) in [6, 6.07) is 0. The Morgan fingerprint density at radius 2 is 1.07 bits per heavy atom. The molecule has 0 aliphatic rings. The Balaban J connectivity index is 3.41. The maximum atomic E-state index is 11.7. The van der Waals surface area contributed by atoms with E-state index in [4.69, 9.17) is 0 Å². The smallest absolute Gasteiger partial charge is 0.222 e. The van der Waals surface area contributed by atoms with E-state index in [0.717, 1.165) is 12.8 Å². The normalized spacial score (nSPS) is 10.5. The average Bonchev–Trinajstić information content (AvgIpc) is 2.64. The van der Waals surface area contributed by atoms with Gasteiger partial charge in [-0.05, 0) is 19.3 Å². The summed E-state index contributed by atoms with van der Waals surface area (Å²) in [5, 5.41) is 5.69. The maximum Gasteiger partial charge on any atom is 0.222 e. The van der Waals surface area contributed by atoms with Crippen LogP contribution in [0, 0.1) is 0 Å². The Morgan fingerprint density at radius 3 is 1.59 bits per heavy atom. The van der Waals surface area contributed by atoms with Gasteiger partial charge in [0.25, 0.3) is 0 Å². The molecular formula is C21H41N3O3. The van der Waals surface area contributed by atoms with Crippen LogP contribution in [-0.4, -0.2) is 49.8 Å². The van der Waals surface area contributed by atoms with Crippen molar-refractivity contribution in [2.75, 3.05) is 27.2 Å². The summed E-state index contributed by atoms with van der Waals surface area (Å²) >= 11 is 0. The van der Waals surface area contributed by atoms with E-state index < -0.39 is 0 Å². The molecule has 0 unspecified atom stereocenters. The molecule has 0 fully saturated rings. The van der Waals surface area contributed by atoms with Crippen LogP contribution in [0.5, 0.6) is 0 Å². The first kappa shape index (κ1) is 25.4. The molecule has 0 heterocycles. The molecule has 0 saturated carbocycles. The highest BCUT2D eigenvalue weighted by Gasteiger charge is 2.05. The molecule has 0 aliphatic heterocycles. The van der Waals surface area contributed by atoms with Gasteiger partial charge in [0.15, 0.2) is 0 Å². The van der Waals surface area contributed by atoms with Gasteiger partial charge in [0.1, 0.15) is 0 Å². The minimum Gasteiger partial charge on any atom is -0.356 e. The fourth-order valence-corrected chi connectivity index (χ4v) is 2.76. The number of nitrogens with one attached hydrogen (secondary N) is 2. The van der Waals surface area contributed by atoms with E-state index in [-0.39, 0.29) is 17.7 Å². The molecule has 2 N–H and O–H groups in total. The first-order chi connectivity index (χ1) is 13.0. The lowest BCUT2D eigenvalue weighted by molar-refractivity contribution is -0.129. The first-order valence-corrected chi connectivity index (χ1v) is 10.7. The molecule has 0 radical (unpaired) electrons. The van der Waals surface area contributed by atoms with Crippen LogP contribution in [0.4, 0.5) is 0 Å². The summed E-state index contributed by atoms with van der Waals surface area (Å²) in [6.07, 6.45) is 12.6. The van der Waals surface area contributed by atoms with Crippen LogP contribution in [0.25, 0.3) is 0 Å². The Morgan fingerprint density at radius 1 is 0.630 bits per heavy atom. The summed E-state index contributed by atoms with van der Waals surface area (Å²) in [5.74, 6) is 0.136. The number of rotatable bonds is 17. The Labute approximate surface area is 165 Å². The van der Waals surface area contributed by atoms with Gasteiger partial charge in [-0.25, -0.2) is 0 Å². The monoisotopic (exact) mass is 383 g/mol. The van der Waals surface area contributed by atoms with Crippen molar-refractivity contribution in [3.05, 3.63) is 0 Å². The molecule has 0 aromatic rings. The zero-order chi connectivity index (χ0) is 20.3. The lowest BCUT2D eigenvalue weighted by atomic mass is 10.1. The zero-order valence-electron chi connectivity index (χ0n) is 17.8. The second-order valence-corrected chi connectivity index (χ2v) is 7.42. The van der Waals surface area contributed by atoms with E-state index in [9.17, 15) is 14.4 Å². The number of hydrogen-bond donors (Lipinski definition) is 2. The Bertz CT molecular complexity index is 411. The van der Waals surface area contributed by atoms with Gasteiger partial charge >= 0.3 is 0 Å². The molecule has 158 valence electrons. The molecule has 0 aromatic carbocycles. The summed E-state index contributed by atoms with van der Waals surface area (Å²) in [6.45, 7) is 3.29. The fraction of sp³-hybridized carbons (Fsp3) is 0.857. The molecule has 6 heteroatoms. The third-order valence-electron chi connectivity index (χ3n) is 4.55. The van der Waals surface area contributed by atoms with Crippen LogP contribution >= 0.6 is 0 Å². The predicted molar refractivity (Wildman–Crippen MR) is 110 cm³/mol. The molecule has 3 amide bonds. The SMILES string of the molecule is CCCCCCCCCCC(=O)NCCCC(=O)NCCCC(=O)N(C)C. The Kier molecular flexibility index (Phi) is 16.8. The van der Waals surface area contributed by atoms with Crippen molar-refractivity contribution in [2.24, 2.45) is 0 Å². The topological polar surface area (TPSA) is 78.5 Å². The van der Waals surface area contributed by atoms with Gasteiger partial charge in [-0.1, -0.05) is 51.9 Å². The van der Waals surface area contributed by atoms with E-state index in [1.807, 2.05) is 0 Å². The van der Waals surface area contributed by atoms with Crippen LogP contribution in [0.1, 0.15) is 90.4 Å². The van der Waals surface area contributed by atoms with Gasteiger partial charge in [-0.15, -0.1) is 0 Å². The lowest BCUT2D eigenvalue weighted by Crippen LogP contribution is -2.28. The molecular weight excluding hydrogens is 342 g/mol. The second-order valence-electron chi connectivity index (χ2n) is 7.42. The van der Waals surface area contributed by atoms with E-state index in [1.165, 1.54) is 38.5 Å². The van der Waals surface area contributed by atoms with Crippen LogP contribution in [0.15, 0.2) is 0 Å². The maximum absolute atomic E-state index is 11.7. The number of carbonyl (C=O) groups excluding carboxylic acids is 3. The van der Waals surface area contributed by atoms with Gasteiger partial charge in [0.2, 0.25) is 17.7 Å². The third-order valence-corrected chi connectivity index (χ3v) is 4.55. The molecule has 0 spiro atoms. The quantitative estimate of drug-likeness (QED) is 0.378. The molecule has 6 nitrogen and oxygen atoms in total. The lowest BCUT2D eigenvalue weighted by Gasteiger charge is -2.10. The van der Waals surface area contributed by atoms with Crippen molar-refractivity contribution in [2.45, 2.75) is 90.4 Å². The van der Waals surface area contributed by atoms with Crippen molar-refractivity contribution >= 4 is 17.7 Å². The average molecular weight is 384 g/mol. The van der Waals surface area contributed by atoms with Gasteiger partial charge in [-0.3, -0.25) is 14.4 Å². The van der Waals surface area contributed by atoms with Crippen molar-refractivity contribution in [3.63, 3.8) is 0 Å². The highest BCUT2D eigenvalue weighted by Crippen LogP contribution is 2.09. The molecule has 0 aromatic heterocycles. The largest absolute Gasteiger partial charge is 0.356 e. The van der Waals surface area contributed by atoms with Crippen molar-refractivity contribution in [1.29, 1.82) is 0 Å². The van der Waals surface area contributed by atoms with E-state index in [2.05, 4.69) is 17.6 Å². The predicted octanol–water partition coefficient (Wildman–Crippen LogP) is 3.40. The van der Waals surface area contributed by atoms with Crippen LogP contribution in [-0.2, 0) is 14.4 Å². The van der Waals surface area contributed by atoms with Gasteiger partial charge in [0, 0.05) is 46.4 Å². The number of unbranched alkanes of at least 4 members (excludes halogenated alkanes) is 7. The molecule has 0 aliphatic carbocycles. The second kappa shape index (κ2) is 17.8. The molecule has 0 bridgehead atoms. The van der Waals surface area contributed by atoms with Gasteiger partial charge < -0.3 is 15.5 Å². The third kappa shape index (κ3) is 17.6. The van der Waals surface area contributed by atoms with Crippen molar-refractivity contribution in [1.82, 2.24) is 15.5 Å². The van der Waals surface area contributed by atoms with Crippen molar-refractivity contribution in [3.8, 4) is 0 Å². The number of nitrogens with zero attached hydrogens (tertiary/aromatic N) is 1. The number of carbonyl (C=O) groups is 3. The van der Waals surface area contributed by atoms with E-state index >= 15 is 0 Å². The summed E-state index contributed by atoms with van der Waals surface area (Å²) in [4.78, 5) is 36.4. The number of amides is 3. The minimum atomic E-state index is -0.0235. The van der Waals surface area contributed by atoms with E-state index in [0.29, 0.717) is 45.2 Å². The molecule has 0 rings (SSSR count). The van der Waals surface area contributed by atoms with Gasteiger partial charge in [-0.2, -0.15) is 0 Å². The van der Waals surface area contributed by atoms with Crippen LogP contribution < -0.4 is 10.6 Å². The molecule has 27 heavy (non-hydrogen) atoms. The summed E-state index contributed by atoms with van der Waals surface area (Å²) < 4.78 is 0. The molecule has 0 saturated heterocycles. The van der Waals surface area contributed by atoms with E-state index in [1.54, 1.807) is 19.0 Å². The summed E-state index contributed by atoms with van der Waals surface area (Å²) in [5.41, 5.74) is 0. The highest BCUT2D eigenvalue weighted by molar-refractivity contribution is 5.77. The fourth-order valence-electron chi connectivity index (χ4n) is 2.76. The first-order valence-electron chi connectivity index (χ1n) is 10.7. The summed E-state index contributed by atoms with van der Waals surface area (Å²) in [7, 11) is 3.45. The minimum absolute atomic E-state index is 0.0235. The number of hydrogen-bond acceptors (Lipinski definition) is 3. The van der Waals surface area contributed by atoms with Crippen LogP contribution in [0.3, 0.4) is 0 Å².